The minimum absolute atomic E-state index is 0.198. The molecule has 2 nitrogen and oxygen atoms in total. The molecule has 21 heavy (non-hydrogen) atoms. The van der Waals surface area contributed by atoms with Crippen LogP contribution in [0.25, 0.3) is 0 Å². The van der Waals surface area contributed by atoms with Crippen molar-refractivity contribution < 1.29 is 4.39 Å². The van der Waals surface area contributed by atoms with Crippen molar-refractivity contribution in [3.05, 3.63) is 34.6 Å². The average Bonchev–Trinajstić information content (AvgIpc) is 2.43. The third-order valence-electron chi connectivity index (χ3n) is 4.21. The zero-order chi connectivity index (χ0) is 15.4. The fraction of sp³-hybridized carbons (Fsp3) is 0.647. The number of nitrogens with one attached hydrogen (secondary N) is 1. The van der Waals surface area contributed by atoms with Crippen molar-refractivity contribution in [1.82, 2.24) is 10.2 Å². The molecule has 0 bridgehead atoms. The molecule has 1 aromatic rings. The van der Waals surface area contributed by atoms with Crippen LogP contribution >= 0.6 is 11.6 Å². The molecule has 1 aliphatic heterocycles. The van der Waals surface area contributed by atoms with E-state index in [2.05, 4.69) is 31.0 Å². The van der Waals surface area contributed by atoms with E-state index in [1.54, 1.807) is 12.1 Å². The molecule has 2 rings (SSSR count). The quantitative estimate of drug-likeness (QED) is 0.881. The number of rotatable bonds is 5. The van der Waals surface area contributed by atoms with Gasteiger partial charge in [0.25, 0.3) is 0 Å². The Morgan fingerprint density at radius 2 is 2.19 bits per heavy atom. The van der Waals surface area contributed by atoms with Gasteiger partial charge in [0.1, 0.15) is 5.82 Å². The zero-order valence-electron chi connectivity index (χ0n) is 13.2. The van der Waals surface area contributed by atoms with E-state index >= 15 is 0 Å². The summed E-state index contributed by atoms with van der Waals surface area (Å²) in [5, 5.41) is 3.85. The Bertz CT molecular complexity index is 464. The molecule has 0 aliphatic carbocycles. The summed E-state index contributed by atoms with van der Waals surface area (Å²) >= 11 is 5.76. The summed E-state index contributed by atoms with van der Waals surface area (Å²) in [6.45, 7) is 9.57. The molecule has 4 heteroatoms. The van der Waals surface area contributed by atoms with Crippen molar-refractivity contribution in [2.24, 2.45) is 5.92 Å². The number of benzene rings is 1. The van der Waals surface area contributed by atoms with Gasteiger partial charge in [-0.25, -0.2) is 4.39 Å². The molecule has 0 saturated carbocycles. The molecule has 1 N–H and O–H groups in total. The summed E-state index contributed by atoms with van der Waals surface area (Å²) in [4.78, 5) is 2.48. The van der Waals surface area contributed by atoms with Crippen LogP contribution in [0.2, 0.25) is 5.02 Å². The maximum atomic E-state index is 13.6. The molecular weight excluding hydrogens is 287 g/mol. The van der Waals surface area contributed by atoms with Gasteiger partial charge in [0.05, 0.1) is 5.02 Å². The van der Waals surface area contributed by atoms with Crippen LogP contribution in [0.15, 0.2) is 18.2 Å². The van der Waals surface area contributed by atoms with Gasteiger partial charge in [-0.2, -0.15) is 0 Å². The number of hydrogen-bond acceptors (Lipinski definition) is 2. The summed E-state index contributed by atoms with van der Waals surface area (Å²) in [6.07, 6.45) is 2.29. The maximum Gasteiger partial charge on any atom is 0.142 e. The predicted molar refractivity (Wildman–Crippen MR) is 87.1 cm³/mol. The first kappa shape index (κ1) is 16.7. The molecule has 0 spiro atoms. The molecular formula is C17H26ClFN2. The highest BCUT2D eigenvalue weighted by atomic mass is 35.5. The molecule has 1 aromatic carbocycles. The Morgan fingerprint density at radius 3 is 2.81 bits per heavy atom. The van der Waals surface area contributed by atoms with Crippen molar-refractivity contribution in [1.29, 1.82) is 0 Å². The van der Waals surface area contributed by atoms with Crippen LogP contribution in [-0.4, -0.2) is 30.1 Å². The van der Waals surface area contributed by atoms with Gasteiger partial charge in [-0.1, -0.05) is 38.4 Å². The van der Waals surface area contributed by atoms with Gasteiger partial charge in [-0.3, -0.25) is 4.90 Å². The first-order valence-corrected chi connectivity index (χ1v) is 8.28. The SMILES string of the molecule is CCC1CNC(CC(C)C)CN1Cc1ccc(Cl)c(F)c1. The number of nitrogens with zero attached hydrogens (tertiary/aromatic N) is 1. The number of hydrogen-bond donors (Lipinski definition) is 1. The van der Waals surface area contributed by atoms with E-state index in [9.17, 15) is 4.39 Å². The van der Waals surface area contributed by atoms with Crippen LogP contribution < -0.4 is 5.32 Å². The van der Waals surface area contributed by atoms with Gasteiger partial charge in [0, 0.05) is 31.7 Å². The highest BCUT2D eigenvalue weighted by Crippen LogP contribution is 2.21. The summed E-state index contributed by atoms with van der Waals surface area (Å²) in [6, 6.07) is 6.20. The van der Waals surface area contributed by atoms with Gasteiger partial charge in [-0.15, -0.1) is 0 Å². The smallest absolute Gasteiger partial charge is 0.142 e. The minimum Gasteiger partial charge on any atom is -0.311 e. The van der Waals surface area contributed by atoms with E-state index in [-0.39, 0.29) is 10.8 Å². The average molecular weight is 313 g/mol. The minimum atomic E-state index is -0.323. The molecule has 2 atom stereocenters. The summed E-state index contributed by atoms with van der Waals surface area (Å²) in [5.74, 6) is 0.367. The Morgan fingerprint density at radius 1 is 1.43 bits per heavy atom. The Kier molecular flexibility index (Phi) is 6.03. The van der Waals surface area contributed by atoms with Crippen LogP contribution in [0.5, 0.6) is 0 Å². The van der Waals surface area contributed by atoms with Crippen LogP contribution in [-0.2, 0) is 6.54 Å². The van der Waals surface area contributed by atoms with Crippen molar-refractivity contribution in [3.8, 4) is 0 Å². The lowest BCUT2D eigenvalue weighted by Gasteiger charge is -2.40. The number of halogens is 2. The van der Waals surface area contributed by atoms with Crippen molar-refractivity contribution >= 4 is 11.6 Å². The fourth-order valence-corrected chi connectivity index (χ4v) is 3.24. The Labute approximate surface area is 132 Å². The first-order chi connectivity index (χ1) is 9.99. The van der Waals surface area contributed by atoms with Gasteiger partial charge >= 0.3 is 0 Å². The standard InChI is InChI=1S/C17H26ClFN2/c1-4-15-9-20-14(7-12(2)3)11-21(15)10-13-5-6-16(18)17(19)8-13/h5-6,8,12,14-15,20H,4,7,9-11H2,1-3H3. The van der Waals surface area contributed by atoms with E-state index in [4.69, 9.17) is 11.6 Å². The van der Waals surface area contributed by atoms with Crippen LogP contribution in [0.1, 0.15) is 39.2 Å². The van der Waals surface area contributed by atoms with Crippen molar-refractivity contribution in [2.45, 2.75) is 52.2 Å². The van der Waals surface area contributed by atoms with Crippen LogP contribution in [0.3, 0.4) is 0 Å². The largest absolute Gasteiger partial charge is 0.311 e. The van der Waals surface area contributed by atoms with E-state index in [1.807, 2.05) is 6.07 Å². The van der Waals surface area contributed by atoms with E-state index in [0.29, 0.717) is 18.0 Å². The zero-order valence-corrected chi connectivity index (χ0v) is 14.0. The third-order valence-corrected chi connectivity index (χ3v) is 4.52. The van der Waals surface area contributed by atoms with Crippen molar-refractivity contribution in [2.75, 3.05) is 13.1 Å². The van der Waals surface area contributed by atoms with Crippen LogP contribution in [0, 0.1) is 11.7 Å². The monoisotopic (exact) mass is 312 g/mol. The van der Waals surface area contributed by atoms with Gasteiger partial charge in [-0.05, 0) is 36.5 Å². The molecule has 0 amide bonds. The second-order valence-corrected chi connectivity index (χ2v) is 6.88. The summed E-state index contributed by atoms with van der Waals surface area (Å²) in [7, 11) is 0. The Balaban J connectivity index is 2.04. The Hall–Kier alpha value is -0.640. The van der Waals surface area contributed by atoms with Gasteiger partial charge in [0.2, 0.25) is 0 Å². The van der Waals surface area contributed by atoms with E-state index in [0.717, 1.165) is 31.6 Å². The molecule has 0 radical (unpaired) electrons. The lowest BCUT2D eigenvalue weighted by atomic mass is 9.98. The highest BCUT2D eigenvalue weighted by molar-refractivity contribution is 6.30. The molecule has 1 aliphatic rings. The summed E-state index contributed by atoms with van der Waals surface area (Å²) < 4.78 is 13.6. The van der Waals surface area contributed by atoms with Crippen LogP contribution in [0.4, 0.5) is 4.39 Å². The molecule has 1 saturated heterocycles. The van der Waals surface area contributed by atoms with Gasteiger partial charge < -0.3 is 5.32 Å². The van der Waals surface area contributed by atoms with E-state index < -0.39 is 0 Å². The lowest BCUT2D eigenvalue weighted by Crippen LogP contribution is -2.56. The second-order valence-electron chi connectivity index (χ2n) is 6.47. The molecule has 1 fully saturated rings. The lowest BCUT2D eigenvalue weighted by molar-refractivity contribution is 0.111. The maximum absolute atomic E-state index is 13.6. The van der Waals surface area contributed by atoms with Gasteiger partial charge in [0.15, 0.2) is 0 Å². The predicted octanol–water partition coefficient (Wildman–Crippen LogP) is 4.08. The topological polar surface area (TPSA) is 15.3 Å². The fourth-order valence-electron chi connectivity index (χ4n) is 3.12. The first-order valence-electron chi connectivity index (χ1n) is 7.91. The van der Waals surface area contributed by atoms with Crippen molar-refractivity contribution in [3.63, 3.8) is 0 Å². The van der Waals surface area contributed by atoms with E-state index in [1.165, 1.54) is 6.42 Å². The number of piperazine rings is 1. The molecule has 2 unspecified atom stereocenters. The molecule has 1 heterocycles. The summed E-state index contributed by atoms with van der Waals surface area (Å²) in [5.41, 5.74) is 1.00. The molecule has 0 aromatic heterocycles. The second kappa shape index (κ2) is 7.57. The third kappa shape index (κ3) is 4.67. The highest BCUT2D eigenvalue weighted by Gasteiger charge is 2.27. The normalized spacial score (nSPS) is 23.7. The molecule has 118 valence electrons.